The van der Waals surface area contributed by atoms with Gasteiger partial charge < -0.3 is 0 Å². The first-order valence-corrected chi connectivity index (χ1v) is 5.03. The predicted octanol–water partition coefficient (Wildman–Crippen LogP) is 1.27. The summed E-state index contributed by atoms with van der Waals surface area (Å²) in [6.45, 7) is 0.753. The van der Waals surface area contributed by atoms with Gasteiger partial charge in [0.25, 0.3) is 0 Å². The van der Waals surface area contributed by atoms with Gasteiger partial charge in [0, 0.05) is 6.04 Å². The second-order valence-corrected chi connectivity index (χ2v) is 3.68. The molecule has 0 unspecified atom stereocenters. The molecule has 0 aromatic carbocycles. The Labute approximate surface area is 74.2 Å². The summed E-state index contributed by atoms with van der Waals surface area (Å²) >= 11 is 0. The lowest BCUT2D eigenvalue weighted by Gasteiger charge is -2.35. The first-order chi connectivity index (χ1) is 5.97. The molecule has 0 amide bonds. The molecule has 2 fully saturated rings. The van der Waals surface area contributed by atoms with E-state index in [-0.39, 0.29) is 0 Å². The number of hydroxylamine groups is 1. The second-order valence-electron chi connectivity index (χ2n) is 3.68. The van der Waals surface area contributed by atoms with Crippen molar-refractivity contribution in [1.82, 2.24) is 4.97 Å². The molecule has 1 saturated carbocycles. The average molecular weight is 169 g/mol. The fourth-order valence-corrected chi connectivity index (χ4v) is 1.67. The summed E-state index contributed by atoms with van der Waals surface area (Å²) in [6, 6.07) is 0.642. The molecule has 3 nitrogen and oxygen atoms in total. The molecule has 4 heteroatoms. The summed E-state index contributed by atoms with van der Waals surface area (Å²) in [6.07, 6.45) is 7.57. The third kappa shape index (κ3) is 2.00. The molecule has 1 aliphatic carbocycles. The van der Waals surface area contributed by atoms with E-state index in [1.54, 1.807) is 0 Å². The highest BCUT2D eigenvalue weighted by Crippen LogP contribution is 2.25. The molecular weight excluding hydrogens is 153 g/mol. The molecular formula is C8H16BNO2. The summed E-state index contributed by atoms with van der Waals surface area (Å²) in [5.41, 5.74) is 0. The average Bonchev–Trinajstić information content (AvgIpc) is 1.90. The van der Waals surface area contributed by atoms with Crippen molar-refractivity contribution in [3.63, 3.8) is 0 Å². The van der Waals surface area contributed by atoms with E-state index in [9.17, 15) is 0 Å². The number of hydrogen-bond donors (Lipinski definition) is 0. The molecule has 0 atom stereocenters. The van der Waals surface area contributed by atoms with E-state index in [0.717, 1.165) is 20.4 Å². The van der Waals surface area contributed by atoms with Crippen molar-refractivity contribution in [2.75, 3.05) is 6.61 Å². The topological polar surface area (TPSA) is 21.7 Å². The molecule has 1 heterocycles. The van der Waals surface area contributed by atoms with Crippen LogP contribution < -0.4 is 0 Å². The Morgan fingerprint density at radius 1 is 1.17 bits per heavy atom. The van der Waals surface area contributed by atoms with Crippen molar-refractivity contribution in [1.29, 1.82) is 0 Å². The van der Waals surface area contributed by atoms with Crippen molar-refractivity contribution >= 4 is 7.41 Å². The fourth-order valence-electron chi connectivity index (χ4n) is 1.67. The van der Waals surface area contributed by atoms with Gasteiger partial charge in [-0.3, -0.25) is 0 Å². The summed E-state index contributed by atoms with van der Waals surface area (Å²) in [4.78, 5) is 12.3. The zero-order valence-corrected chi connectivity index (χ0v) is 7.50. The van der Waals surface area contributed by atoms with Gasteiger partial charge in [0.05, 0.1) is 6.61 Å². The largest absolute Gasteiger partial charge is 0.243 e. The van der Waals surface area contributed by atoms with Crippen molar-refractivity contribution < 1.29 is 9.88 Å². The maximum atomic E-state index is 5.22. The van der Waals surface area contributed by atoms with Crippen molar-refractivity contribution in [2.45, 2.75) is 44.5 Å². The Hall–Kier alpha value is -0.0551. The zero-order chi connectivity index (χ0) is 8.23. The number of hydrogen-bond acceptors (Lipinski definition) is 3. The molecule has 2 rings (SSSR count). The van der Waals surface area contributed by atoms with Gasteiger partial charge in [0.2, 0.25) is 7.41 Å². The highest BCUT2D eigenvalue weighted by molar-refractivity contribution is 6.31. The Balaban J connectivity index is 1.77. The van der Waals surface area contributed by atoms with E-state index in [1.165, 1.54) is 32.0 Å². The van der Waals surface area contributed by atoms with Crippen LogP contribution in [0, 0.1) is 0 Å². The van der Waals surface area contributed by atoms with E-state index < -0.39 is 0 Å². The molecule has 0 aromatic heterocycles. The smallest absolute Gasteiger partial charge is 0.219 e. The van der Waals surface area contributed by atoms with Gasteiger partial charge in [-0.25, -0.2) is 9.86 Å². The molecule has 12 heavy (non-hydrogen) atoms. The molecule has 2 aliphatic rings. The third-order valence-corrected chi connectivity index (χ3v) is 2.74. The number of nitrogens with zero attached hydrogens (tertiary/aromatic N) is 1. The Morgan fingerprint density at radius 3 is 2.83 bits per heavy atom. The maximum absolute atomic E-state index is 5.22. The van der Waals surface area contributed by atoms with Crippen LogP contribution in [-0.2, 0) is 9.88 Å². The van der Waals surface area contributed by atoms with E-state index in [1.807, 2.05) is 4.97 Å². The standard InChI is InChI=1S/C8H16BNO2/c1-2-7-11-12-10(9-6-1)8-4-3-5-8/h8-9H,1-7H2. The Morgan fingerprint density at radius 2 is 2.08 bits per heavy atom. The van der Waals surface area contributed by atoms with Gasteiger partial charge in [-0.1, -0.05) is 19.2 Å². The van der Waals surface area contributed by atoms with E-state index in [2.05, 4.69) is 0 Å². The van der Waals surface area contributed by atoms with Gasteiger partial charge in [-0.05, 0) is 19.3 Å². The molecule has 0 spiro atoms. The van der Waals surface area contributed by atoms with Crippen LogP contribution >= 0.6 is 0 Å². The van der Waals surface area contributed by atoms with Gasteiger partial charge in [-0.2, -0.15) is 4.99 Å². The lowest BCUT2D eigenvalue weighted by Crippen LogP contribution is -2.43. The van der Waals surface area contributed by atoms with Gasteiger partial charge in [0.15, 0.2) is 0 Å². The van der Waals surface area contributed by atoms with Crippen molar-refractivity contribution in [2.24, 2.45) is 0 Å². The summed E-state index contributed by atoms with van der Waals surface area (Å²) < 4.78 is 0. The Bertz CT molecular complexity index is 133. The second kappa shape index (κ2) is 4.26. The van der Waals surface area contributed by atoms with E-state index in [4.69, 9.17) is 9.88 Å². The molecule has 0 aromatic rings. The van der Waals surface area contributed by atoms with E-state index >= 15 is 0 Å². The molecule has 0 radical (unpaired) electrons. The van der Waals surface area contributed by atoms with Gasteiger partial charge >= 0.3 is 0 Å². The summed E-state index contributed by atoms with van der Waals surface area (Å²) in [7, 11) is 1.05. The van der Waals surface area contributed by atoms with Crippen LogP contribution in [0.25, 0.3) is 0 Å². The van der Waals surface area contributed by atoms with E-state index in [0.29, 0.717) is 6.04 Å². The lowest BCUT2D eigenvalue weighted by atomic mass is 9.80. The minimum Gasteiger partial charge on any atom is -0.219 e. The lowest BCUT2D eigenvalue weighted by molar-refractivity contribution is -0.411. The molecule has 0 bridgehead atoms. The normalized spacial score (nSPS) is 28.3. The van der Waals surface area contributed by atoms with Crippen LogP contribution in [-0.4, -0.2) is 25.0 Å². The predicted molar refractivity (Wildman–Crippen MR) is 47.7 cm³/mol. The minimum atomic E-state index is 0.642. The van der Waals surface area contributed by atoms with Gasteiger partial charge in [0.1, 0.15) is 0 Å². The number of rotatable bonds is 1. The van der Waals surface area contributed by atoms with Crippen LogP contribution in [0.2, 0.25) is 6.32 Å². The van der Waals surface area contributed by atoms with Crippen LogP contribution in [0.1, 0.15) is 32.1 Å². The highest BCUT2D eigenvalue weighted by atomic mass is 17.3. The highest BCUT2D eigenvalue weighted by Gasteiger charge is 2.27. The van der Waals surface area contributed by atoms with Gasteiger partial charge in [-0.15, -0.1) is 0 Å². The van der Waals surface area contributed by atoms with Crippen LogP contribution in [0.5, 0.6) is 0 Å². The van der Waals surface area contributed by atoms with Crippen LogP contribution in [0.15, 0.2) is 0 Å². The van der Waals surface area contributed by atoms with Crippen molar-refractivity contribution in [3.05, 3.63) is 0 Å². The first-order valence-electron chi connectivity index (χ1n) is 5.03. The third-order valence-electron chi connectivity index (χ3n) is 2.74. The summed E-state index contributed by atoms with van der Waals surface area (Å²) in [5.74, 6) is 0. The van der Waals surface area contributed by atoms with Crippen LogP contribution in [0.4, 0.5) is 0 Å². The van der Waals surface area contributed by atoms with Crippen molar-refractivity contribution in [3.8, 4) is 0 Å². The summed E-state index contributed by atoms with van der Waals surface area (Å²) in [5, 5.41) is 0. The minimum absolute atomic E-state index is 0.642. The monoisotopic (exact) mass is 169 g/mol. The maximum Gasteiger partial charge on any atom is 0.243 e. The quantitative estimate of drug-likeness (QED) is 0.435. The zero-order valence-electron chi connectivity index (χ0n) is 7.50. The SMILES string of the molecule is B1CCCCOON1C1CCC1. The molecule has 0 N–H and O–H groups in total. The fraction of sp³-hybridized carbons (Fsp3) is 1.00. The Kier molecular flexibility index (Phi) is 3.03. The molecule has 68 valence electrons. The van der Waals surface area contributed by atoms with Crippen LogP contribution in [0.3, 0.4) is 0 Å². The molecule has 1 saturated heterocycles. The first kappa shape index (κ1) is 8.54. The molecule has 1 aliphatic heterocycles.